The first-order chi connectivity index (χ1) is 2.89. The Kier molecular flexibility index (Phi) is 16.8. The molecule has 0 bridgehead atoms. The summed E-state index contributed by atoms with van der Waals surface area (Å²) in [6.45, 7) is 0. The van der Waals surface area contributed by atoms with Crippen LogP contribution in [-0.2, 0) is 21.1 Å². The van der Waals surface area contributed by atoms with Gasteiger partial charge in [0.25, 0.3) is 0 Å². The second-order valence-electron chi connectivity index (χ2n) is 1.29. The number of rotatable bonds is 0. The van der Waals surface area contributed by atoms with Gasteiger partial charge in [0.2, 0.25) is 0 Å². The minimum atomic E-state index is 0. The Bertz CT molecular complexity index is 109. The van der Waals surface area contributed by atoms with Crippen molar-refractivity contribution in [1.82, 2.24) is 0 Å². The molecular formula is C5H5Cl3Nb. The van der Waals surface area contributed by atoms with Gasteiger partial charge in [-0.25, -0.2) is 0 Å². The van der Waals surface area contributed by atoms with Crippen LogP contribution >= 0.6 is 0 Å². The first kappa shape index (κ1) is 16.6. The fraction of sp³-hybridized carbons (Fsp3) is 0.200. The zero-order valence-corrected chi connectivity index (χ0v) is 8.99. The maximum atomic E-state index is 2.17. The summed E-state index contributed by atoms with van der Waals surface area (Å²) >= 11 is 1.82. The normalized spacial score (nSPS) is 12.4. The van der Waals surface area contributed by atoms with Crippen LogP contribution in [0.3, 0.4) is 0 Å². The molecule has 9 heavy (non-hydrogen) atoms. The summed E-state index contributed by atoms with van der Waals surface area (Å²) in [5.41, 5.74) is 0. The summed E-state index contributed by atoms with van der Waals surface area (Å²) in [5.74, 6) is 0. The number of hydrogen-bond donors (Lipinski definition) is 0. The van der Waals surface area contributed by atoms with E-state index in [1.807, 2.05) is 21.1 Å². The van der Waals surface area contributed by atoms with E-state index in [9.17, 15) is 0 Å². The van der Waals surface area contributed by atoms with Crippen molar-refractivity contribution in [3.05, 3.63) is 22.0 Å². The molecule has 0 aromatic carbocycles. The summed E-state index contributed by atoms with van der Waals surface area (Å²) in [5, 5.41) is 0. The Labute approximate surface area is 86.3 Å². The Morgan fingerprint density at radius 2 is 1.78 bits per heavy atom. The van der Waals surface area contributed by atoms with Crippen molar-refractivity contribution in [3.8, 4) is 0 Å². The van der Waals surface area contributed by atoms with Gasteiger partial charge < -0.3 is 37.2 Å². The fourth-order valence-electron chi connectivity index (χ4n) is 0.436. The molecule has 0 heterocycles. The first-order valence-electron chi connectivity index (χ1n) is 1.94. The molecule has 0 unspecified atom stereocenters. The van der Waals surface area contributed by atoms with Gasteiger partial charge in [-0.15, -0.1) is 0 Å². The SMILES string of the molecule is [Cl-].[Cl-].[Cl-].[Nb+3][C]1=CC=CC1. The molecule has 0 radical (unpaired) electrons. The van der Waals surface area contributed by atoms with Crippen LogP contribution in [0.1, 0.15) is 6.42 Å². The van der Waals surface area contributed by atoms with Crippen molar-refractivity contribution in [1.29, 1.82) is 0 Å². The minimum absolute atomic E-state index is 0. The molecule has 0 saturated carbocycles. The molecule has 0 spiro atoms. The van der Waals surface area contributed by atoms with Crippen molar-refractivity contribution >= 4 is 0 Å². The Balaban J connectivity index is -0.000000120. The standard InChI is InChI=1S/C5H5.3ClH.Nb/c1-2-4-5-3-1;;;;/h1-3H,4H2;3*1H;/q;;;;+3/p-3. The molecular weight excluding hydrogens is 259 g/mol. The van der Waals surface area contributed by atoms with Gasteiger partial charge in [0.05, 0.1) is 0 Å². The molecule has 0 aliphatic heterocycles. The third-order valence-electron chi connectivity index (χ3n) is 0.752. The zero-order valence-electron chi connectivity index (χ0n) is 4.52. The van der Waals surface area contributed by atoms with Gasteiger partial charge in [-0.3, -0.25) is 0 Å². The van der Waals surface area contributed by atoms with E-state index in [2.05, 4.69) is 18.2 Å². The number of allylic oxidation sites excluding steroid dienone is 4. The van der Waals surface area contributed by atoms with Gasteiger partial charge in [0, 0.05) is 0 Å². The third kappa shape index (κ3) is 6.98. The molecule has 1 aliphatic rings. The molecule has 0 N–H and O–H groups in total. The van der Waals surface area contributed by atoms with Crippen LogP contribution in [0.2, 0.25) is 0 Å². The number of hydrogen-bond acceptors (Lipinski definition) is 0. The van der Waals surface area contributed by atoms with Gasteiger partial charge in [-0.1, -0.05) is 0 Å². The van der Waals surface area contributed by atoms with E-state index in [-0.39, 0.29) is 37.2 Å². The van der Waals surface area contributed by atoms with Crippen LogP contribution in [0, 0.1) is 0 Å². The van der Waals surface area contributed by atoms with E-state index in [1.54, 1.807) is 0 Å². The van der Waals surface area contributed by atoms with E-state index in [0.29, 0.717) is 0 Å². The van der Waals surface area contributed by atoms with Gasteiger partial charge >= 0.3 is 49.5 Å². The molecule has 0 aromatic rings. The van der Waals surface area contributed by atoms with Crippen LogP contribution in [-0.4, -0.2) is 0 Å². The van der Waals surface area contributed by atoms with E-state index >= 15 is 0 Å². The average molecular weight is 264 g/mol. The molecule has 0 atom stereocenters. The predicted octanol–water partition coefficient (Wildman–Crippen LogP) is -7.61. The maximum absolute atomic E-state index is 2.17. The van der Waals surface area contributed by atoms with Crippen LogP contribution in [0.15, 0.2) is 22.0 Å². The summed E-state index contributed by atoms with van der Waals surface area (Å²) in [7, 11) is 0. The van der Waals surface area contributed by atoms with Gasteiger partial charge in [0.15, 0.2) is 0 Å². The van der Waals surface area contributed by atoms with Crippen LogP contribution in [0.25, 0.3) is 0 Å². The molecule has 0 nitrogen and oxygen atoms in total. The predicted molar refractivity (Wildman–Crippen MR) is 21.8 cm³/mol. The summed E-state index contributed by atoms with van der Waals surface area (Å²) < 4.78 is 1.52. The van der Waals surface area contributed by atoms with Gasteiger partial charge in [0.1, 0.15) is 0 Å². The topological polar surface area (TPSA) is 0 Å². The number of halogens is 3. The van der Waals surface area contributed by atoms with Crippen LogP contribution in [0.4, 0.5) is 0 Å². The average Bonchev–Trinajstić information content (AvgIpc) is 1.86. The Morgan fingerprint density at radius 3 is 1.89 bits per heavy atom. The summed E-state index contributed by atoms with van der Waals surface area (Å²) in [6.07, 6.45) is 7.63. The third-order valence-corrected chi connectivity index (χ3v) is 1.57. The molecule has 51 valence electrons. The molecule has 0 saturated heterocycles. The monoisotopic (exact) mass is 263 g/mol. The molecule has 1 aliphatic carbocycles. The first-order valence-corrected chi connectivity index (χ1v) is 3.04. The van der Waals surface area contributed by atoms with Gasteiger partial charge in [-0.05, 0) is 0 Å². The fourth-order valence-corrected chi connectivity index (χ4v) is 0.907. The summed E-state index contributed by atoms with van der Waals surface area (Å²) in [4.78, 5) is 0. The van der Waals surface area contributed by atoms with E-state index < -0.39 is 0 Å². The molecule has 4 heteroatoms. The van der Waals surface area contributed by atoms with Crippen molar-refractivity contribution in [2.75, 3.05) is 0 Å². The van der Waals surface area contributed by atoms with Crippen LogP contribution < -0.4 is 37.2 Å². The Hall–Kier alpha value is 1.09. The quantitative estimate of drug-likeness (QED) is 0.381. The van der Waals surface area contributed by atoms with Crippen LogP contribution in [0.5, 0.6) is 0 Å². The van der Waals surface area contributed by atoms with Crippen molar-refractivity contribution in [3.63, 3.8) is 0 Å². The van der Waals surface area contributed by atoms with E-state index in [4.69, 9.17) is 0 Å². The van der Waals surface area contributed by atoms with Crippen molar-refractivity contribution in [2.24, 2.45) is 0 Å². The Morgan fingerprint density at radius 1 is 1.22 bits per heavy atom. The second-order valence-corrected chi connectivity index (χ2v) is 2.70. The molecule has 0 aromatic heterocycles. The van der Waals surface area contributed by atoms with Crippen molar-refractivity contribution < 1.29 is 58.3 Å². The zero-order chi connectivity index (χ0) is 4.41. The molecule has 0 amide bonds. The van der Waals surface area contributed by atoms with E-state index in [0.717, 1.165) is 0 Å². The summed E-state index contributed by atoms with van der Waals surface area (Å²) in [6, 6.07) is 0. The van der Waals surface area contributed by atoms with Crippen molar-refractivity contribution in [2.45, 2.75) is 6.42 Å². The van der Waals surface area contributed by atoms with E-state index in [1.165, 1.54) is 10.2 Å². The molecule has 0 fully saturated rings. The second kappa shape index (κ2) is 9.09. The molecule has 1 rings (SSSR count). The van der Waals surface area contributed by atoms with Gasteiger partial charge in [-0.2, -0.15) is 0 Å².